The summed E-state index contributed by atoms with van der Waals surface area (Å²) in [6.45, 7) is 2.21. The molecule has 5 rings (SSSR count). The molecule has 0 atom stereocenters. The maximum absolute atomic E-state index is 12.7. The van der Waals surface area contributed by atoms with Crippen LogP contribution in [0, 0.1) is 5.92 Å². The average Bonchev–Trinajstić information content (AvgIpc) is 3.52. The molecule has 1 saturated carbocycles. The Kier molecular flexibility index (Phi) is 6.44. The minimum atomic E-state index is 0.122. The van der Waals surface area contributed by atoms with Gasteiger partial charge in [0, 0.05) is 37.9 Å². The number of halogens is 1. The molecule has 0 unspecified atom stereocenters. The second-order valence-electron chi connectivity index (χ2n) is 9.21. The van der Waals surface area contributed by atoms with Crippen molar-refractivity contribution in [1.82, 2.24) is 19.9 Å². The van der Waals surface area contributed by atoms with Gasteiger partial charge in [-0.15, -0.1) is 0 Å². The molecule has 1 N–H and O–H groups in total. The molecule has 8 nitrogen and oxygen atoms in total. The van der Waals surface area contributed by atoms with Gasteiger partial charge in [-0.3, -0.25) is 14.6 Å². The molecule has 174 valence electrons. The van der Waals surface area contributed by atoms with Gasteiger partial charge in [-0.1, -0.05) is 24.4 Å². The van der Waals surface area contributed by atoms with Crippen LogP contribution in [0.25, 0.3) is 0 Å². The number of likely N-dealkylation sites (tertiary alicyclic amines) is 1. The molecule has 1 aliphatic carbocycles. The third-order valence-electron chi connectivity index (χ3n) is 7.03. The van der Waals surface area contributed by atoms with Crippen molar-refractivity contribution in [1.29, 1.82) is 0 Å². The lowest BCUT2D eigenvalue weighted by Gasteiger charge is -2.33. The predicted molar refractivity (Wildman–Crippen MR) is 127 cm³/mol. The van der Waals surface area contributed by atoms with E-state index in [1.54, 1.807) is 23.5 Å². The van der Waals surface area contributed by atoms with E-state index in [1.165, 1.54) is 12.8 Å². The lowest BCUT2D eigenvalue weighted by Crippen LogP contribution is -2.41. The van der Waals surface area contributed by atoms with Crippen LogP contribution in [0.5, 0.6) is 0 Å². The number of hydrogen-bond donors (Lipinski definition) is 1. The smallest absolute Gasteiger partial charge is 0.227 e. The summed E-state index contributed by atoms with van der Waals surface area (Å²) >= 11 is 6.47. The highest BCUT2D eigenvalue weighted by molar-refractivity contribution is 6.31. The highest BCUT2D eigenvalue weighted by Gasteiger charge is 2.31. The molecular formula is C24H29ClN6O2. The molecule has 2 aliphatic heterocycles. The average molecular weight is 469 g/mol. The zero-order chi connectivity index (χ0) is 22.8. The molecule has 0 spiro atoms. The second-order valence-corrected chi connectivity index (χ2v) is 9.62. The van der Waals surface area contributed by atoms with Crippen LogP contribution in [0.3, 0.4) is 0 Å². The van der Waals surface area contributed by atoms with Crippen LogP contribution < -0.4 is 10.2 Å². The van der Waals surface area contributed by atoms with Gasteiger partial charge in [-0.2, -0.15) is 0 Å². The van der Waals surface area contributed by atoms with Crippen molar-refractivity contribution in [3.8, 4) is 0 Å². The summed E-state index contributed by atoms with van der Waals surface area (Å²) in [5, 5.41) is 3.76. The fourth-order valence-corrected chi connectivity index (χ4v) is 5.47. The fourth-order valence-electron chi connectivity index (χ4n) is 5.23. The Morgan fingerprint density at radius 1 is 1.03 bits per heavy atom. The first kappa shape index (κ1) is 22.1. The summed E-state index contributed by atoms with van der Waals surface area (Å²) in [4.78, 5) is 41.9. The Labute approximate surface area is 198 Å². The first-order valence-corrected chi connectivity index (χ1v) is 12.3. The number of nitrogens with one attached hydrogen (secondary N) is 1. The number of carbonyl (C=O) groups is 2. The van der Waals surface area contributed by atoms with E-state index in [0.717, 1.165) is 62.3 Å². The minimum absolute atomic E-state index is 0.122. The Balaban J connectivity index is 1.25. The first-order valence-electron chi connectivity index (χ1n) is 11.9. The third kappa shape index (κ3) is 4.81. The lowest BCUT2D eigenvalue weighted by atomic mass is 9.92. The van der Waals surface area contributed by atoms with Crippen LogP contribution in [-0.4, -0.2) is 51.3 Å². The van der Waals surface area contributed by atoms with Gasteiger partial charge in [0.15, 0.2) is 0 Å². The van der Waals surface area contributed by atoms with Crippen LogP contribution in [0.2, 0.25) is 5.02 Å². The largest absolute Gasteiger partial charge is 0.342 e. The number of aromatic nitrogens is 3. The first-order chi connectivity index (χ1) is 16.1. The van der Waals surface area contributed by atoms with Crippen molar-refractivity contribution in [3.05, 3.63) is 35.4 Å². The summed E-state index contributed by atoms with van der Waals surface area (Å²) in [7, 11) is 0. The van der Waals surface area contributed by atoms with E-state index < -0.39 is 0 Å². The molecule has 2 aromatic rings. The van der Waals surface area contributed by atoms with Gasteiger partial charge >= 0.3 is 0 Å². The quantitative estimate of drug-likeness (QED) is 0.703. The van der Waals surface area contributed by atoms with E-state index in [4.69, 9.17) is 16.6 Å². The van der Waals surface area contributed by atoms with Crippen molar-refractivity contribution in [2.45, 2.75) is 57.3 Å². The molecule has 0 bridgehead atoms. The minimum Gasteiger partial charge on any atom is -0.342 e. The summed E-state index contributed by atoms with van der Waals surface area (Å²) in [6, 6.07) is 1.89. The van der Waals surface area contributed by atoms with Crippen LogP contribution >= 0.6 is 11.6 Å². The Morgan fingerprint density at radius 2 is 1.82 bits per heavy atom. The molecule has 33 heavy (non-hydrogen) atoms. The predicted octanol–water partition coefficient (Wildman–Crippen LogP) is 4.29. The maximum atomic E-state index is 12.7. The molecule has 3 fully saturated rings. The van der Waals surface area contributed by atoms with Crippen molar-refractivity contribution >= 4 is 40.7 Å². The molecule has 2 amide bonds. The number of nitrogens with zero attached hydrogens (tertiary/aromatic N) is 5. The second kappa shape index (κ2) is 9.63. The fraction of sp³-hybridized carbons (Fsp3) is 0.542. The standard InChI is InChI=1S/C24H29ClN6O2/c25-20-15-27-24(28-18-12-19(14-26-13-18)31-9-3-6-21(31)32)29-22(20)16-7-10-30(11-8-16)23(33)17-4-1-2-5-17/h12-17H,1-11H2,(H,27,28,29). The van der Waals surface area contributed by atoms with E-state index in [2.05, 4.69) is 15.3 Å². The number of carbonyl (C=O) groups excluding carboxylic acids is 2. The number of anilines is 3. The van der Waals surface area contributed by atoms with Crippen LogP contribution in [-0.2, 0) is 9.59 Å². The van der Waals surface area contributed by atoms with Gasteiger partial charge in [0.1, 0.15) is 0 Å². The van der Waals surface area contributed by atoms with Gasteiger partial charge in [0.05, 0.1) is 40.7 Å². The Bertz CT molecular complexity index is 1030. The van der Waals surface area contributed by atoms with Crippen molar-refractivity contribution in [2.75, 3.05) is 29.9 Å². The van der Waals surface area contributed by atoms with Gasteiger partial charge in [0.2, 0.25) is 17.8 Å². The van der Waals surface area contributed by atoms with E-state index in [9.17, 15) is 9.59 Å². The van der Waals surface area contributed by atoms with E-state index in [0.29, 0.717) is 29.8 Å². The third-order valence-corrected chi connectivity index (χ3v) is 7.33. The van der Waals surface area contributed by atoms with E-state index >= 15 is 0 Å². The summed E-state index contributed by atoms with van der Waals surface area (Å²) < 4.78 is 0. The molecule has 9 heteroatoms. The molecule has 2 saturated heterocycles. The summed E-state index contributed by atoms with van der Waals surface area (Å²) in [5.74, 6) is 1.31. The topological polar surface area (TPSA) is 91.3 Å². The maximum Gasteiger partial charge on any atom is 0.227 e. The molecular weight excluding hydrogens is 440 g/mol. The number of hydrogen-bond acceptors (Lipinski definition) is 6. The van der Waals surface area contributed by atoms with Gasteiger partial charge < -0.3 is 15.1 Å². The number of pyridine rings is 1. The van der Waals surface area contributed by atoms with Crippen molar-refractivity contribution in [2.24, 2.45) is 5.92 Å². The number of amides is 2. The highest BCUT2D eigenvalue weighted by atomic mass is 35.5. The monoisotopic (exact) mass is 468 g/mol. The van der Waals surface area contributed by atoms with Gasteiger partial charge in [0.25, 0.3) is 0 Å². The van der Waals surface area contributed by atoms with Crippen molar-refractivity contribution < 1.29 is 9.59 Å². The van der Waals surface area contributed by atoms with Crippen LogP contribution in [0.15, 0.2) is 24.7 Å². The molecule has 0 radical (unpaired) electrons. The number of piperidine rings is 1. The Hall–Kier alpha value is -2.74. The zero-order valence-electron chi connectivity index (χ0n) is 18.7. The van der Waals surface area contributed by atoms with Crippen LogP contribution in [0.1, 0.15) is 63.0 Å². The normalized spacial score (nSPS) is 20.0. The SMILES string of the molecule is O=C(C1CCCC1)N1CCC(c2nc(Nc3cncc(N4CCCC4=O)c3)ncc2Cl)CC1. The van der Waals surface area contributed by atoms with Crippen molar-refractivity contribution in [3.63, 3.8) is 0 Å². The number of rotatable bonds is 5. The molecule has 3 aliphatic rings. The lowest BCUT2D eigenvalue weighted by molar-refractivity contribution is -0.136. The van der Waals surface area contributed by atoms with Crippen LogP contribution in [0.4, 0.5) is 17.3 Å². The van der Waals surface area contributed by atoms with E-state index in [1.807, 2.05) is 11.0 Å². The molecule has 4 heterocycles. The highest BCUT2D eigenvalue weighted by Crippen LogP contribution is 2.34. The zero-order valence-corrected chi connectivity index (χ0v) is 19.4. The Morgan fingerprint density at radius 3 is 2.55 bits per heavy atom. The summed E-state index contributed by atoms with van der Waals surface area (Å²) in [5.41, 5.74) is 2.31. The van der Waals surface area contributed by atoms with Gasteiger partial charge in [-0.05, 0) is 38.2 Å². The molecule has 0 aromatic carbocycles. The molecule has 2 aromatic heterocycles. The van der Waals surface area contributed by atoms with Gasteiger partial charge in [-0.25, -0.2) is 9.97 Å². The summed E-state index contributed by atoms with van der Waals surface area (Å²) in [6.07, 6.45) is 12.6. The van der Waals surface area contributed by atoms with E-state index in [-0.39, 0.29) is 17.7 Å².